The summed E-state index contributed by atoms with van der Waals surface area (Å²) in [6.07, 6.45) is -7.20. The first-order valence-corrected chi connectivity index (χ1v) is 16.2. The van der Waals surface area contributed by atoms with Crippen molar-refractivity contribution >= 4 is 29.7 Å². The summed E-state index contributed by atoms with van der Waals surface area (Å²) in [6, 6.07) is 6.73. The number of hydrogen-bond donors (Lipinski definition) is 1. The van der Waals surface area contributed by atoms with Crippen molar-refractivity contribution < 1.29 is 55.3 Å². The SMILES string of the molecule is COC(=O)C1(Cc2cnn3cc([C@@H](NC(=O)OCc4ccccc4)C4CCC(F)(F)CC4)nc3c2)C[C@@H](C(F)(F)F)N(C(=O)OC(C)(C)C)C1=O. The molecular weight excluding hydrogens is 685 g/mol. The number of carbonyl (C=O) groups is 4. The van der Waals surface area contributed by atoms with Gasteiger partial charge in [0.15, 0.2) is 11.1 Å². The number of ether oxygens (including phenoxy) is 3. The van der Waals surface area contributed by atoms with E-state index < -0.39 is 90.9 Å². The molecule has 1 aliphatic heterocycles. The van der Waals surface area contributed by atoms with Crippen molar-refractivity contribution in [2.45, 2.75) is 95.7 Å². The Morgan fingerprint density at radius 2 is 1.73 bits per heavy atom. The molecule has 2 aliphatic rings. The number of methoxy groups -OCH3 is 1. The number of hydrogen-bond acceptors (Lipinski definition) is 9. The number of amides is 3. The zero-order chi connectivity index (χ0) is 37.4. The molecule has 0 bridgehead atoms. The van der Waals surface area contributed by atoms with Gasteiger partial charge in [-0.15, -0.1) is 0 Å². The molecule has 17 heteroatoms. The highest BCUT2D eigenvalue weighted by Crippen LogP contribution is 2.47. The second kappa shape index (κ2) is 14.1. The second-order valence-electron chi connectivity index (χ2n) is 13.9. The Morgan fingerprint density at radius 1 is 1.06 bits per heavy atom. The summed E-state index contributed by atoms with van der Waals surface area (Å²) in [4.78, 5) is 57.2. The molecule has 51 heavy (non-hydrogen) atoms. The highest BCUT2D eigenvalue weighted by molar-refractivity contribution is 6.10. The summed E-state index contributed by atoms with van der Waals surface area (Å²) in [6.45, 7) is 4.20. The van der Waals surface area contributed by atoms with Crippen LogP contribution in [0.3, 0.4) is 0 Å². The number of imidazole rings is 1. The fourth-order valence-corrected chi connectivity index (χ4v) is 6.50. The summed E-state index contributed by atoms with van der Waals surface area (Å²) in [5, 5.41) is 7.01. The minimum atomic E-state index is -5.10. The molecule has 5 rings (SSSR count). The summed E-state index contributed by atoms with van der Waals surface area (Å²) >= 11 is 0. The number of imide groups is 1. The summed E-state index contributed by atoms with van der Waals surface area (Å²) < 4.78 is 87.6. The number of aromatic nitrogens is 3. The quantitative estimate of drug-likeness (QED) is 0.122. The molecule has 2 aromatic heterocycles. The van der Waals surface area contributed by atoms with Crippen molar-refractivity contribution in [2.75, 3.05) is 7.11 Å². The van der Waals surface area contributed by atoms with E-state index in [2.05, 4.69) is 15.4 Å². The summed E-state index contributed by atoms with van der Waals surface area (Å²) in [5.74, 6) is -6.02. The van der Waals surface area contributed by atoms with Gasteiger partial charge in [0.25, 0.3) is 0 Å². The number of alkyl halides is 5. The Hall–Kier alpha value is -4.83. The minimum Gasteiger partial charge on any atom is -0.468 e. The number of alkyl carbamates (subject to hydrolysis) is 1. The summed E-state index contributed by atoms with van der Waals surface area (Å²) in [5.41, 5.74) is -2.52. The van der Waals surface area contributed by atoms with Crippen molar-refractivity contribution in [3.63, 3.8) is 0 Å². The van der Waals surface area contributed by atoms with Crippen LogP contribution < -0.4 is 5.32 Å². The van der Waals surface area contributed by atoms with Crippen LogP contribution in [0.15, 0.2) is 48.8 Å². The lowest BCUT2D eigenvalue weighted by atomic mass is 9.79. The highest BCUT2D eigenvalue weighted by Gasteiger charge is 2.66. The van der Waals surface area contributed by atoms with E-state index in [0.717, 1.165) is 12.7 Å². The minimum absolute atomic E-state index is 0.0422. The highest BCUT2D eigenvalue weighted by atomic mass is 19.4. The molecule has 0 spiro atoms. The van der Waals surface area contributed by atoms with Crippen LogP contribution >= 0.6 is 0 Å². The first-order chi connectivity index (χ1) is 23.8. The molecule has 1 saturated heterocycles. The van der Waals surface area contributed by atoms with Gasteiger partial charge in [-0.1, -0.05) is 30.3 Å². The van der Waals surface area contributed by atoms with Crippen LogP contribution in [0.1, 0.15) is 75.7 Å². The van der Waals surface area contributed by atoms with Crippen molar-refractivity contribution in [2.24, 2.45) is 11.3 Å². The predicted molar refractivity (Wildman–Crippen MR) is 168 cm³/mol. The molecule has 1 aromatic carbocycles. The van der Waals surface area contributed by atoms with Crippen LogP contribution in [0.4, 0.5) is 31.5 Å². The van der Waals surface area contributed by atoms with E-state index in [0.29, 0.717) is 0 Å². The monoisotopic (exact) mass is 723 g/mol. The molecule has 3 heterocycles. The van der Waals surface area contributed by atoms with Gasteiger partial charge in [-0.3, -0.25) is 9.59 Å². The lowest BCUT2D eigenvalue weighted by molar-refractivity contribution is -0.177. The maximum atomic E-state index is 14.3. The number of nitrogens with zero attached hydrogens (tertiary/aromatic N) is 4. The van der Waals surface area contributed by atoms with Crippen molar-refractivity contribution in [3.05, 3.63) is 65.6 Å². The van der Waals surface area contributed by atoms with Crippen LogP contribution in [0.5, 0.6) is 0 Å². The Balaban J connectivity index is 1.44. The number of halogens is 5. The molecule has 3 amide bonds. The number of fused-ring (bicyclic) bond motifs is 1. The van der Waals surface area contributed by atoms with Gasteiger partial charge in [-0.2, -0.15) is 18.3 Å². The standard InChI is InChI=1S/C34H38F5N5O7/c1-31(2,3)51-30(48)44-24(34(37,38)39)16-32(27(44)45,28(46)49-4)15-21-14-25-41-23(18-43(25)40-17-21)26(22-10-12-33(35,36)13-11-22)42-29(47)50-19-20-8-6-5-7-9-20/h5-9,14,17-18,22,24,26H,10-13,15-16,19H2,1-4H3,(H,42,47)/t24-,26-,32?/m0/s1. The Morgan fingerprint density at radius 3 is 2.33 bits per heavy atom. The van der Waals surface area contributed by atoms with E-state index in [-0.39, 0.29) is 41.3 Å². The molecule has 1 saturated carbocycles. The molecule has 3 atom stereocenters. The smallest absolute Gasteiger partial charge is 0.417 e. The summed E-state index contributed by atoms with van der Waals surface area (Å²) in [7, 11) is 0.914. The Bertz CT molecular complexity index is 1770. The largest absolute Gasteiger partial charge is 0.468 e. The van der Waals surface area contributed by atoms with E-state index in [1.165, 1.54) is 43.7 Å². The number of nitrogens with one attached hydrogen (secondary N) is 1. The van der Waals surface area contributed by atoms with E-state index >= 15 is 0 Å². The van der Waals surface area contributed by atoms with Gasteiger partial charge in [0.05, 0.1) is 31.2 Å². The first-order valence-electron chi connectivity index (χ1n) is 16.2. The number of likely N-dealkylation sites (tertiary alicyclic amines) is 1. The molecule has 2 fully saturated rings. The van der Waals surface area contributed by atoms with E-state index in [4.69, 9.17) is 14.2 Å². The molecule has 1 unspecified atom stereocenters. The van der Waals surface area contributed by atoms with Gasteiger partial charge in [-0.25, -0.2) is 32.8 Å². The average molecular weight is 724 g/mol. The normalized spacial score (nSPS) is 21.7. The fraction of sp³-hybridized carbons (Fsp3) is 0.529. The third-order valence-electron chi connectivity index (χ3n) is 8.97. The van der Waals surface area contributed by atoms with Gasteiger partial charge in [-0.05, 0) is 63.1 Å². The second-order valence-corrected chi connectivity index (χ2v) is 13.9. The van der Waals surface area contributed by atoms with Crippen LogP contribution in [-0.2, 0) is 36.8 Å². The lowest BCUT2D eigenvalue weighted by Crippen LogP contribution is -2.50. The van der Waals surface area contributed by atoms with Crippen molar-refractivity contribution in [1.29, 1.82) is 0 Å². The van der Waals surface area contributed by atoms with Crippen molar-refractivity contribution in [3.8, 4) is 0 Å². The molecule has 1 aliphatic carbocycles. The first kappa shape index (κ1) is 37.4. The van der Waals surface area contributed by atoms with Crippen LogP contribution in [0.25, 0.3) is 5.65 Å². The van der Waals surface area contributed by atoms with E-state index in [1.54, 1.807) is 30.3 Å². The molecule has 3 aromatic rings. The van der Waals surface area contributed by atoms with Crippen molar-refractivity contribution in [1.82, 2.24) is 24.8 Å². The number of esters is 1. The molecule has 12 nitrogen and oxygen atoms in total. The molecule has 0 radical (unpaired) electrons. The predicted octanol–water partition coefficient (Wildman–Crippen LogP) is 6.32. The van der Waals surface area contributed by atoms with Crippen LogP contribution in [0.2, 0.25) is 0 Å². The lowest BCUT2D eigenvalue weighted by Gasteiger charge is -2.33. The van der Waals surface area contributed by atoms with E-state index in [1.807, 2.05) is 0 Å². The zero-order valence-corrected chi connectivity index (χ0v) is 28.3. The average Bonchev–Trinajstić information content (AvgIpc) is 3.61. The zero-order valence-electron chi connectivity index (χ0n) is 28.3. The maximum absolute atomic E-state index is 14.3. The van der Waals surface area contributed by atoms with Gasteiger partial charge >= 0.3 is 24.3 Å². The molecule has 276 valence electrons. The van der Waals surface area contributed by atoms with Crippen LogP contribution in [0, 0.1) is 11.3 Å². The third-order valence-corrected chi connectivity index (χ3v) is 8.97. The van der Waals surface area contributed by atoms with Crippen LogP contribution in [-0.4, -0.2) is 74.4 Å². The topological polar surface area (TPSA) is 141 Å². The van der Waals surface area contributed by atoms with Gasteiger partial charge in [0, 0.05) is 19.3 Å². The number of rotatable bonds is 8. The van der Waals surface area contributed by atoms with Gasteiger partial charge < -0.3 is 19.5 Å². The number of carbonyl (C=O) groups excluding carboxylic acids is 4. The Kier molecular flexibility index (Phi) is 10.3. The molecular formula is C34H38F5N5O7. The third kappa shape index (κ3) is 8.39. The fourth-order valence-electron chi connectivity index (χ4n) is 6.50. The van der Waals surface area contributed by atoms with Gasteiger partial charge in [0.1, 0.15) is 18.2 Å². The van der Waals surface area contributed by atoms with E-state index in [9.17, 15) is 41.1 Å². The number of benzene rings is 1. The maximum Gasteiger partial charge on any atom is 0.417 e. The van der Waals surface area contributed by atoms with Gasteiger partial charge in [0.2, 0.25) is 11.8 Å². The molecule has 1 N–H and O–H groups in total. The Labute approximate surface area is 289 Å².